The number of nitrogens with zero attached hydrogens (tertiary/aromatic N) is 2. The molecule has 2 fully saturated rings. The monoisotopic (exact) mass is 382 g/mol. The Morgan fingerprint density at radius 2 is 2.08 bits per heavy atom. The van der Waals surface area contributed by atoms with Crippen LogP contribution in [0.5, 0.6) is 0 Å². The highest BCUT2D eigenvalue weighted by atomic mass is 35.5. The number of aliphatic carboxylic acids is 1. The van der Waals surface area contributed by atoms with Crippen LogP contribution in [0, 0.1) is 17.7 Å². The molecule has 0 spiro atoms. The van der Waals surface area contributed by atoms with Crippen LogP contribution < -0.4 is 0 Å². The van der Waals surface area contributed by atoms with E-state index in [-0.39, 0.29) is 29.8 Å². The van der Waals surface area contributed by atoms with E-state index >= 15 is 0 Å². The quantitative estimate of drug-likeness (QED) is 0.870. The number of hydrogen-bond donors (Lipinski definition) is 1. The van der Waals surface area contributed by atoms with Gasteiger partial charge in [0.25, 0.3) is 0 Å². The summed E-state index contributed by atoms with van der Waals surface area (Å²) < 4.78 is 13.9. The fraction of sp³-hybridized carbons (Fsp3) is 0.500. The van der Waals surface area contributed by atoms with Gasteiger partial charge in [-0.15, -0.1) is 0 Å². The van der Waals surface area contributed by atoms with Crippen molar-refractivity contribution in [1.29, 1.82) is 0 Å². The van der Waals surface area contributed by atoms with Crippen LogP contribution in [0.2, 0.25) is 5.02 Å². The van der Waals surface area contributed by atoms with Crippen LogP contribution in [-0.4, -0.2) is 52.8 Å². The van der Waals surface area contributed by atoms with Crippen LogP contribution >= 0.6 is 11.6 Å². The van der Waals surface area contributed by atoms with Crippen molar-refractivity contribution in [2.75, 3.05) is 20.1 Å². The molecule has 2 saturated heterocycles. The van der Waals surface area contributed by atoms with E-state index in [0.29, 0.717) is 24.9 Å². The molecule has 1 N–H and O–H groups in total. The number of amides is 2. The Kier molecular flexibility index (Phi) is 5.18. The van der Waals surface area contributed by atoms with Crippen molar-refractivity contribution in [2.45, 2.75) is 25.3 Å². The van der Waals surface area contributed by atoms with E-state index in [9.17, 15) is 23.9 Å². The first-order valence-electron chi connectivity index (χ1n) is 8.51. The summed E-state index contributed by atoms with van der Waals surface area (Å²) in [4.78, 5) is 39.5. The second kappa shape index (κ2) is 7.23. The fourth-order valence-electron chi connectivity index (χ4n) is 3.86. The molecule has 2 heterocycles. The Morgan fingerprint density at radius 3 is 2.73 bits per heavy atom. The van der Waals surface area contributed by atoms with Crippen molar-refractivity contribution in [3.63, 3.8) is 0 Å². The topological polar surface area (TPSA) is 77.9 Å². The number of piperidine rings is 1. The van der Waals surface area contributed by atoms with E-state index in [1.807, 2.05) is 0 Å². The van der Waals surface area contributed by atoms with Gasteiger partial charge in [-0.3, -0.25) is 14.4 Å². The van der Waals surface area contributed by atoms with Crippen LogP contribution in [0.3, 0.4) is 0 Å². The molecule has 26 heavy (non-hydrogen) atoms. The summed E-state index contributed by atoms with van der Waals surface area (Å²) in [5.41, 5.74) is 0.505. The molecule has 0 bridgehead atoms. The van der Waals surface area contributed by atoms with Crippen LogP contribution in [0.15, 0.2) is 18.2 Å². The zero-order valence-corrected chi connectivity index (χ0v) is 15.1. The normalized spacial score (nSPS) is 26.3. The molecular formula is C18H20ClFN2O4. The lowest BCUT2D eigenvalue weighted by atomic mass is 9.90. The number of hydrogen-bond acceptors (Lipinski definition) is 3. The number of carboxylic acids is 1. The minimum atomic E-state index is -0.918. The second-order valence-corrected chi connectivity index (χ2v) is 7.30. The zero-order valence-electron chi connectivity index (χ0n) is 14.3. The minimum Gasteiger partial charge on any atom is -0.481 e. The molecule has 0 aromatic heterocycles. The van der Waals surface area contributed by atoms with Gasteiger partial charge in [0.15, 0.2) is 0 Å². The molecule has 0 saturated carbocycles. The van der Waals surface area contributed by atoms with Gasteiger partial charge in [0.1, 0.15) is 5.82 Å². The molecule has 1 aromatic rings. The predicted molar refractivity (Wildman–Crippen MR) is 92.0 cm³/mol. The van der Waals surface area contributed by atoms with Gasteiger partial charge < -0.3 is 14.9 Å². The Hall–Kier alpha value is -2.15. The van der Waals surface area contributed by atoms with Crippen LogP contribution in [0.4, 0.5) is 4.39 Å². The Labute approximate surface area is 155 Å². The summed E-state index contributed by atoms with van der Waals surface area (Å²) >= 11 is 5.73. The molecule has 2 unspecified atom stereocenters. The number of carbonyl (C=O) groups is 3. The van der Waals surface area contributed by atoms with E-state index in [4.69, 9.17) is 11.6 Å². The van der Waals surface area contributed by atoms with Gasteiger partial charge in [0.2, 0.25) is 11.8 Å². The van der Waals surface area contributed by atoms with Crippen LogP contribution in [0.1, 0.15) is 30.9 Å². The van der Waals surface area contributed by atoms with Crippen molar-refractivity contribution in [3.05, 3.63) is 34.6 Å². The highest BCUT2D eigenvalue weighted by Gasteiger charge is 2.45. The lowest BCUT2D eigenvalue weighted by Crippen LogP contribution is -2.45. The third kappa shape index (κ3) is 3.40. The van der Waals surface area contributed by atoms with Crippen molar-refractivity contribution in [3.8, 4) is 0 Å². The SMILES string of the molecule is CN1C(=O)CC(C(=O)N2CCC[C@H](C(=O)O)C2)C1c1ccc(Cl)c(F)c1. The molecule has 2 aliphatic heterocycles. The van der Waals surface area contributed by atoms with Crippen molar-refractivity contribution in [2.24, 2.45) is 11.8 Å². The first kappa shape index (κ1) is 18.6. The van der Waals surface area contributed by atoms with Crippen molar-refractivity contribution < 1.29 is 23.9 Å². The summed E-state index contributed by atoms with van der Waals surface area (Å²) in [6.07, 6.45) is 1.17. The average molecular weight is 383 g/mol. The van der Waals surface area contributed by atoms with Gasteiger partial charge in [-0.1, -0.05) is 17.7 Å². The second-order valence-electron chi connectivity index (χ2n) is 6.90. The summed E-state index contributed by atoms with van der Waals surface area (Å²) in [6.45, 7) is 0.614. The molecule has 2 amide bonds. The maximum atomic E-state index is 13.9. The van der Waals surface area contributed by atoms with Gasteiger partial charge in [0, 0.05) is 26.6 Å². The van der Waals surface area contributed by atoms with Gasteiger partial charge in [0.05, 0.1) is 22.9 Å². The number of likely N-dealkylation sites (tertiary alicyclic amines) is 2. The summed E-state index contributed by atoms with van der Waals surface area (Å²) in [6, 6.07) is 3.68. The largest absolute Gasteiger partial charge is 0.481 e. The van der Waals surface area contributed by atoms with E-state index < -0.39 is 29.7 Å². The highest BCUT2D eigenvalue weighted by Crippen LogP contribution is 2.39. The minimum absolute atomic E-state index is 0.0241. The zero-order chi connectivity index (χ0) is 19.0. The number of benzene rings is 1. The lowest BCUT2D eigenvalue weighted by Gasteiger charge is -2.34. The van der Waals surface area contributed by atoms with Crippen molar-refractivity contribution in [1.82, 2.24) is 9.80 Å². The molecule has 6 nitrogen and oxygen atoms in total. The van der Waals surface area contributed by atoms with Gasteiger partial charge in [-0.05, 0) is 30.5 Å². The Morgan fingerprint density at radius 1 is 1.35 bits per heavy atom. The van der Waals surface area contributed by atoms with Crippen molar-refractivity contribution >= 4 is 29.4 Å². The van der Waals surface area contributed by atoms with E-state index in [1.54, 1.807) is 13.1 Å². The third-order valence-electron chi connectivity index (χ3n) is 5.27. The van der Waals surface area contributed by atoms with Gasteiger partial charge in [-0.2, -0.15) is 0 Å². The highest BCUT2D eigenvalue weighted by molar-refractivity contribution is 6.30. The van der Waals surface area contributed by atoms with E-state index in [2.05, 4.69) is 0 Å². The molecular weight excluding hydrogens is 363 g/mol. The molecule has 0 radical (unpaired) electrons. The third-order valence-corrected chi connectivity index (χ3v) is 5.58. The lowest BCUT2D eigenvalue weighted by molar-refractivity contribution is -0.147. The Bertz CT molecular complexity index is 757. The summed E-state index contributed by atoms with van der Waals surface area (Å²) in [5, 5.41) is 9.20. The molecule has 1 aromatic carbocycles. The molecule has 2 aliphatic rings. The molecule has 140 valence electrons. The van der Waals surface area contributed by atoms with Gasteiger partial charge >= 0.3 is 5.97 Å². The number of carboxylic acid groups (broad SMARTS) is 1. The van der Waals surface area contributed by atoms with E-state index in [1.165, 1.54) is 21.9 Å². The average Bonchev–Trinajstić information content (AvgIpc) is 2.92. The Balaban J connectivity index is 1.86. The predicted octanol–water partition coefficient (Wildman–Crippen LogP) is 2.32. The smallest absolute Gasteiger partial charge is 0.308 e. The number of carbonyl (C=O) groups excluding carboxylic acids is 2. The number of rotatable bonds is 3. The number of halogens is 2. The summed E-state index contributed by atoms with van der Waals surface area (Å²) in [5.74, 6) is -3.23. The molecule has 3 atom stereocenters. The molecule has 0 aliphatic carbocycles. The maximum absolute atomic E-state index is 13.9. The first-order chi connectivity index (χ1) is 12.3. The van der Waals surface area contributed by atoms with E-state index in [0.717, 1.165) is 0 Å². The standard InChI is InChI=1S/C18H20ClFN2O4/c1-21-15(23)8-12(16(21)10-4-5-13(19)14(20)7-10)17(24)22-6-2-3-11(9-22)18(25)26/h4-5,7,11-12,16H,2-3,6,8-9H2,1H3,(H,25,26)/t11-,12?,16?/m0/s1. The summed E-state index contributed by atoms with van der Waals surface area (Å²) in [7, 11) is 1.59. The van der Waals surface area contributed by atoms with Crippen LogP contribution in [0.25, 0.3) is 0 Å². The van der Waals surface area contributed by atoms with Crippen LogP contribution in [-0.2, 0) is 14.4 Å². The maximum Gasteiger partial charge on any atom is 0.308 e. The fourth-order valence-corrected chi connectivity index (χ4v) is 3.97. The molecule has 8 heteroatoms. The van der Waals surface area contributed by atoms with Gasteiger partial charge in [-0.25, -0.2) is 4.39 Å². The first-order valence-corrected chi connectivity index (χ1v) is 8.89. The molecule has 3 rings (SSSR count).